The maximum absolute atomic E-state index is 10.8. The summed E-state index contributed by atoms with van der Waals surface area (Å²) in [6.45, 7) is 2.11. The van der Waals surface area contributed by atoms with Crippen LogP contribution >= 0.6 is 0 Å². The van der Waals surface area contributed by atoms with Gasteiger partial charge in [0.25, 0.3) is 0 Å². The molecular weight excluding hydrogens is 310 g/mol. The number of phenolic OH excluding ortho intramolecular Hbond substituents is 1. The highest BCUT2D eigenvalue weighted by Gasteiger charge is 2.28. The Bertz CT molecular complexity index is 867. The number of rotatable bonds is 4. The molecule has 3 aromatic carbocycles. The van der Waals surface area contributed by atoms with Crippen LogP contribution in [0.4, 0.5) is 0 Å². The van der Waals surface area contributed by atoms with Crippen molar-refractivity contribution in [2.45, 2.75) is 18.9 Å². The second-order valence-electron chi connectivity index (χ2n) is 6.64. The van der Waals surface area contributed by atoms with Gasteiger partial charge in [0.2, 0.25) is 0 Å². The predicted octanol–water partition coefficient (Wildman–Crippen LogP) is 4.74. The van der Waals surface area contributed by atoms with Crippen LogP contribution in [-0.4, -0.2) is 30.2 Å². The van der Waals surface area contributed by atoms with Crippen molar-refractivity contribution >= 4 is 10.8 Å². The highest BCUT2D eigenvalue weighted by molar-refractivity contribution is 5.88. The zero-order valence-electron chi connectivity index (χ0n) is 14.5. The van der Waals surface area contributed by atoms with Gasteiger partial charge in [0.1, 0.15) is 11.5 Å². The fraction of sp³-hybridized carbons (Fsp3) is 0.273. The Kier molecular flexibility index (Phi) is 4.33. The minimum absolute atomic E-state index is 0.0551. The average molecular weight is 333 g/mol. The Balaban J connectivity index is 1.90. The van der Waals surface area contributed by atoms with Crippen LogP contribution in [0.3, 0.4) is 0 Å². The summed E-state index contributed by atoms with van der Waals surface area (Å²) in [6.07, 6.45) is 2.41. The van der Waals surface area contributed by atoms with E-state index in [4.69, 9.17) is 4.74 Å². The van der Waals surface area contributed by atoms with E-state index in [9.17, 15) is 5.11 Å². The summed E-state index contributed by atoms with van der Waals surface area (Å²) < 4.78 is 5.31. The van der Waals surface area contributed by atoms with Crippen LogP contribution in [0, 0.1) is 0 Å². The quantitative estimate of drug-likeness (QED) is 0.748. The summed E-state index contributed by atoms with van der Waals surface area (Å²) in [5.74, 6) is 1.22. The molecule has 1 fully saturated rings. The molecule has 0 bridgehead atoms. The van der Waals surface area contributed by atoms with Crippen LogP contribution in [0.2, 0.25) is 0 Å². The van der Waals surface area contributed by atoms with E-state index in [0.717, 1.165) is 35.2 Å². The summed E-state index contributed by atoms with van der Waals surface area (Å²) in [5.41, 5.74) is 2.19. The number of hydrogen-bond donors (Lipinski definition) is 1. The molecule has 1 saturated heterocycles. The third-order valence-corrected chi connectivity index (χ3v) is 5.16. The van der Waals surface area contributed by atoms with Gasteiger partial charge in [-0.25, -0.2) is 0 Å². The summed E-state index contributed by atoms with van der Waals surface area (Å²) >= 11 is 0. The monoisotopic (exact) mass is 333 g/mol. The Morgan fingerprint density at radius 1 is 0.920 bits per heavy atom. The summed E-state index contributed by atoms with van der Waals surface area (Å²) in [4.78, 5) is 2.48. The molecule has 25 heavy (non-hydrogen) atoms. The number of aromatic hydroxyl groups is 1. The molecule has 3 heteroatoms. The fourth-order valence-corrected chi connectivity index (χ4v) is 3.92. The molecule has 4 rings (SSSR count). The molecule has 0 radical (unpaired) electrons. The number of ether oxygens (including phenoxy) is 1. The SMILES string of the molecule is COc1ccc(C(c2c(O)ccc3ccccc23)N2CCCC2)cc1. The molecule has 1 aliphatic rings. The molecular formula is C22H23NO2. The zero-order valence-corrected chi connectivity index (χ0v) is 14.5. The molecule has 0 saturated carbocycles. The third kappa shape index (κ3) is 2.96. The minimum atomic E-state index is 0.0551. The van der Waals surface area contributed by atoms with Gasteiger partial charge in [0.15, 0.2) is 0 Å². The molecule has 1 N–H and O–H groups in total. The number of nitrogens with zero attached hydrogens (tertiary/aromatic N) is 1. The van der Waals surface area contributed by atoms with Crippen molar-refractivity contribution in [2.75, 3.05) is 20.2 Å². The number of benzene rings is 3. The molecule has 1 atom stereocenters. The zero-order chi connectivity index (χ0) is 17.2. The molecule has 1 heterocycles. The van der Waals surface area contributed by atoms with Crippen LogP contribution in [0.5, 0.6) is 11.5 Å². The highest BCUT2D eigenvalue weighted by Crippen LogP contribution is 2.40. The van der Waals surface area contributed by atoms with Crippen molar-refractivity contribution in [1.29, 1.82) is 0 Å². The number of methoxy groups -OCH3 is 1. The van der Waals surface area contributed by atoms with Crippen LogP contribution in [-0.2, 0) is 0 Å². The molecule has 1 aliphatic heterocycles. The summed E-state index contributed by atoms with van der Waals surface area (Å²) in [6, 6.07) is 20.4. The molecule has 0 aromatic heterocycles. The van der Waals surface area contributed by atoms with Gasteiger partial charge in [0.05, 0.1) is 13.2 Å². The predicted molar refractivity (Wildman–Crippen MR) is 101 cm³/mol. The lowest BCUT2D eigenvalue weighted by atomic mass is 9.91. The van der Waals surface area contributed by atoms with Gasteiger partial charge < -0.3 is 9.84 Å². The Morgan fingerprint density at radius 2 is 1.64 bits per heavy atom. The molecule has 1 unspecified atom stereocenters. The van der Waals surface area contributed by atoms with Gasteiger partial charge in [-0.05, 0) is 60.5 Å². The van der Waals surface area contributed by atoms with E-state index in [-0.39, 0.29) is 6.04 Å². The van der Waals surface area contributed by atoms with E-state index >= 15 is 0 Å². The molecule has 3 aromatic rings. The van der Waals surface area contributed by atoms with Crippen molar-refractivity contribution in [1.82, 2.24) is 4.90 Å². The van der Waals surface area contributed by atoms with Crippen molar-refractivity contribution in [3.63, 3.8) is 0 Å². The maximum Gasteiger partial charge on any atom is 0.121 e. The summed E-state index contributed by atoms with van der Waals surface area (Å²) in [7, 11) is 1.68. The van der Waals surface area contributed by atoms with Gasteiger partial charge in [0, 0.05) is 5.56 Å². The first-order chi connectivity index (χ1) is 12.3. The number of fused-ring (bicyclic) bond motifs is 1. The largest absolute Gasteiger partial charge is 0.508 e. The van der Waals surface area contributed by atoms with Gasteiger partial charge in [-0.2, -0.15) is 0 Å². The van der Waals surface area contributed by atoms with E-state index in [1.165, 1.54) is 18.4 Å². The van der Waals surface area contributed by atoms with E-state index in [1.54, 1.807) is 7.11 Å². The third-order valence-electron chi connectivity index (χ3n) is 5.16. The first kappa shape index (κ1) is 16.0. The van der Waals surface area contributed by atoms with E-state index in [1.807, 2.05) is 36.4 Å². The smallest absolute Gasteiger partial charge is 0.121 e. The lowest BCUT2D eigenvalue weighted by Gasteiger charge is -2.30. The van der Waals surface area contributed by atoms with Gasteiger partial charge >= 0.3 is 0 Å². The Labute approximate surface area is 148 Å². The summed E-state index contributed by atoms with van der Waals surface area (Å²) in [5, 5.41) is 13.0. The molecule has 3 nitrogen and oxygen atoms in total. The normalized spacial score (nSPS) is 16.2. The van der Waals surface area contributed by atoms with Crippen molar-refractivity contribution in [3.8, 4) is 11.5 Å². The molecule has 128 valence electrons. The van der Waals surface area contributed by atoms with Crippen LogP contribution < -0.4 is 4.74 Å². The average Bonchev–Trinajstić information content (AvgIpc) is 3.19. The topological polar surface area (TPSA) is 32.7 Å². The number of likely N-dealkylation sites (tertiary alicyclic amines) is 1. The van der Waals surface area contributed by atoms with Crippen molar-refractivity contribution in [3.05, 3.63) is 71.8 Å². The maximum atomic E-state index is 10.8. The highest BCUT2D eigenvalue weighted by atomic mass is 16.5. The van der Waals surface area contributed by atoms with Gasteiger partial charge in [-0.1, -0.05) is 42.5 Å². The molecule has 0 amide bonds. The second-order valence-corrected chi connectivity index (χ2v) is 6.64. The number of hydrogen-bond acceptors (Lipinski definition) is 3. The fourth-order valence-electron chi connectivity index (χ4n) is 3.92. The lowest BCUT2D eigenvalue weighted by molar-refractivity contribution is 0.276. The number of phenols is 1. The molecule has 0 spiro atoms. The van der Waals surface area contributed by atoms with Crippen molar-refractivity contribution in [2.24, 2.45) is 0 Å². The molecule has 0 aliphatic carbocycles. The first-order valence-corrected chi connectivity index (χ1v) is 8.86. The van der Waals surface area contributed by atoms with E-state index in [0.29, 0.717) is 5.75 Å². The van der Waals surface area contributed by atoms with E-state index < -0.39 is 0 Å². The van der Waals surface area contributed by atoms with Crippen LogP contribution in [0.1, 0.15) is 30.0 Å². The lowest BCUT2D eigenvalue weighted by Crippen LogP contribution is -2.26. The minimum Gasteiger partial charge on any atom is -0.508 e. The van der Waals surface area contributed by atoms with E-state index in [2.05, 4.69) is 29.2 Å². The van der Waals surface area contributed by atoms with Crippen LogP contribution in [0.25, 0.3) is 10.8 Å². The Hall–Kier alpha value is -2.52. The first-order valence-electron chi connectivity index (χ1n) is 8.86. The van der Waals surface area contributed by atoms with Crippen molar-refractivity contribution < 1.29 is 9.84 Å². The van der Waals surface area contributed by atoms with Gasteiger partial charge in [-0.15, -0.1) is 0 Å². The Morgan fingerprint density at radius 3 is 2.36 bits per heavy atom. The standard InChI is InChI=1S/C22H23NO2/c1-25-18-11-8-17(9-12-18)22(23-14-4-5-15-23)21-19-7-3-2-6-16(19)10-13-20(21)24/h2-3,6-13,22,24H,4-5,14-15H2,1H3. The second kappa shape index (κ2) is 6.77. The van der Waals surface area contributed by atoms with Crippen LogP contribution in [0.15, 0.2) is 60.7 Å². The van der Waals surface area contributed by atoms with Gasteiger partial charge in [-0.3, -0.25) is 4.90 Å².